The Labute approximate surface area is 127 Å². The van der Waals surface area contributed by atoms with Gasteiger partial charge in [0.25, 0.3) is 0 Å². The number of hydrogen-bond acceptors (Lipinski definition) is 1. The summed E-state index contributed by atoms with van der Waals surface area (Å²) in [7, 11) is 0. The highest BCUT2D eigenvalue weighted by molar-refractivity contribution is 5.81. The molecular formula is C18H37NO. The van der Waals surface area contributed by atoms with Crippen LogP contribution in [-0.4, -0.2) is 12.5 Å². The molecule has 0 aromatic heterocycles. The van der Waals surface area contributed by atoms with Crippen LogP contribution in [0.1, 0.15) is 98.3 Å². The van der Waals surface area contributed by atoms with Gasteiger partial charge in [0.2, 0.25) is 5.91 Å². The number of nitrogens with one attached hydrogen (secondary N) is 1. The normalized spacial score (nSPS) is 11.6. The molecule has 1 amide bonds. The van der Waals surface area contributed by atoms with E-state index in [1.807, 2.05) is 20.8 Å². The average Bonchev–Trinajstić information content (AvgIpc) is 2.38. The largest absolute Gasteiger partial charge is 0.356 e. The zero-order valence-electron chi connectivity index (χ0n) is 14.4. The molecule has 0 aromatic carbocycles. The van der Waals surface area contributed by atoms with E-state index in [1.54, 1.807) is 0 Å². The zero-order chi connectivity index (χ0) is 15.3. The molecule has 0 rings (SSSR count). The molecule has 0 saturated heterocycles. The molecule has 0 aliphatic carbocycles. The monoisotopic (exact) mass is 283 g/mol. The summed E-state index contributed by atoms with van der Waals surface area (Å²) in [6.07, 6.45) is 14.9. The molecule has 0 radical (unpaired) electrons. The smallest absolute Gasteiger partial charge is 0.225 e. The number of carbonyl (C=O) groups is 1. The van der Waals surface area contributed by atoms with Crippen LogP contribution >= 0.6 is 0 Å². The Bertz CT molecular complexity index is 230. The van der Waals surface area contributed by atoms with Crippen LogP contribution in [0.5, 0.6) is 0 Å². The second kappa shape index (κ2) is 12.2. The highest BCUT2D eigenvalue weighted by Gasteiger charge is 2.19. The van der Waals surface area contributed by atoms with E-state index in [-0.39, 0.29) is 11.3 Å². The first-order valence-corrected chi connectivity index (χ1v) is 8.76. The van der Waals surface area contributed by atoms with Gasteiger partial charge in [-0.3, -0.25) is 4.79 Å². The summed E-state index contributed by atoms with van der Waals surface area (Å²) >= 11 is 0. The van der Waals surface area contributed by atoms with Gasteiger partial charge in [-0.05, 0) is 6.42 Å². The quantitative estimate of drug-likeness (QED) is 0.473. The summed E-state index contributed by atoms with van der Waals surface area (Å²) in [6, 6.07) is 0. The average molecular weight is 284 g/mol. The Balaban J connectivity index is 3.16. The molecule has 0 unspecified atom stereocenters. The fourth-order valence-corrected chi connectivity index (χ4v) is 2.26. The molecule has 0 fully saturated rings. The summed E-state index contributed by atoms with van der Waals surface area (Å²) in [4.78, 5) is 11.6. The van der Waals surface area contributed by atoms with E-state index in [2.05, 4.69) is 12.2 Å². The Morgan fingerprint density at radius 3 is 1.55 bits per heavy atom. The number of unbranched alkanes of at least 4 members (excludes halogenated alkanes) is 10. The number of carbonyl (C=O) groups excluding carboxylic acids is 1. The summed E-state index contributed by atoms with van der Waals surface area (Å²) in [5.74, 6) is 0.171. The van der Waals surface area contributed by atoms with Crippen LogP contribution < -0.4 is 5.32 Å². The van der Waals surface area contributed by atoms with Crippen molar-refractivity contribution in [3.8, 4) is 0 Å². The van der Waals surface area contributed by atoms with Gasteiger partial charge < -0.3 is 5.32 Å². The van der Waals surface area contributed by atoms with Gasteiger partial charge in [-0.1, -0.05) is 91.9 Å². The van der Waals surface area contributed by atoms with Crippen LogP contribution in [0.25, 0.3) is 0 Å². The lowest BCUT2D eigenvalue weighted by molar-refractivity contribution is -0.128. The predicted octanol–water partition coefficient (Wildman–Crippen LogP) is 5.46. The molecular weight excluding hydrogens is 246 g/mol. The lowest BCUT2D eigenvalue weighted by atomic mass is 9.96. The molecule has 0 bridgehead atoms. The van der Waals surface area contributed by atoms with E-state index in [4.69, 9.17) is 0 Å². The van der Waals surface area contributed by atoms with Gasteiger partial charge in [-0.2, -0.15) is 0 Å². The van der Waals surface area contributed by atoms with Crippen molar-refractivity contribution in [1.29, 1.82) is 0 Å². The molecule has 1 N–H and O–H groups in total. The Morgan fingerprint density at radius 1 is 0.750 bits per heavy atom. The lowest BCUT2D eigenvalue weighted by Crippen LogP contribution is -2.35. The van der Waals surface area contributed by atoms with Crippen molar-refractivity contribution in [2.45, 2.75) is 98.3 Å². The highest BCUT2D eigenvalue weighted by atomic mass is 16.2. The fraction of sp³-hybridized carbons (Fsp3) is 0.944. The van der Waals surface area contributed by atoms with Crippen molar-refractivity contribution in [1.82, 2.24) is 5.32 Å². The summed E-state index contributed by atoms with van der Waals surface area (Å²) in [5, 5.41) is 3.01. The lowest BCUT2D eigenvalue weighted by Gasteiger charge is -2.17. The van der Waals surface area contributed by atoms with Crippen LogP contribution in [-0.2, 0) is 4.79 Å². The minimum Gasteiger partial charge on any atom is -0.356 e. The van der Waals surface area contributed by atoms with Crippen LogP contribution in [0.4, 0.5) is 0 Å². The van der Waals surface area contributed by atoms with Crippen LogP contribution in [0, 0.1) is 5.41 Å². The van der Waals surface area contributed by atoms with E-state index in [0.29, 0.717) is 0 Å². The van der Waals surface area contributed by atoms with Gasteiger partial charge in [-0.25, -0.2) is 0 Å². The van der Waals surface area contributed by atoms with E-state index in [1.165, 1.54) is 64.2 Å². The third kappa shape index (κ3) is 12.5. The molecule has 2 heteroatoms. The van der Waals surface area contributed by atoms with E-state index >= 15 is 0 Å². The van der Waals surface area contributed by atoms with Gasteiger partial charge in [0.1, 0.15) is 0 Å². The van der Waals surface area contributed by atoms with Crippen molar-refractivity contribution in [3.63, 3.8) is 0 Å². The van der Waals surface area contributed by atoms with E-state index in [9.17, 15) is 4.79 Å². The van der Waals surface area contributed by atoms with Crippen LogP contribution in [0.3, 0.4) is 0 Å². The molecule has 0 heterocycles. The second-order valence-electron chi connectivity index (χ2n) is 7.04. The number of rotatable bonds is 12. The SMILES string of the molecule is CCCCCCCCCCCCCNC(=O)C(C)(C)C. The van der Waals surface area contributed by atoms with Crippen molar-refractivity contribution in [2.24, 2.45) is 5.41 Å². The highest BCUT2D eigenvalue weighted by Crippen LogP contribution is 2.13. The van der Waals surface area contributed by atoms with Crippen molar-refractivity contribution < 1.29 is 4.79 Å². The molecule has 0 atom stereocenters. The Hall–Kier alpha value is -0.530. The van der Waals surface area contributed by atoms with Gasteiger partial charge in [-0.15, -0.1) is 0 Å². The molecule has 0 saturated carbocycles. The molecule has 0 aliphatic rings. The van der Waals surface area contributed by atoms with E-state index in [0.717, 1.165) is 13.0 Å². The third-order valence-corrected chi connectivity index (χ3v) is 3.75. The van der Waals surface area contributed by atoms with Gasteiger partial charge in [0.05, 0.1) is 0 Å². The fourth-order valence-electron chi connectivity index (χ4n) is 2.26. The predicted molar refractivity (Wildman–Crippen MR) is 88.9 cm³/mol. The molecule has 2 nitrogen and oxygen atoms in total. The molecule has 0 spiro atoms. The molecule has 120 valence electrons. The first-order chi connectivity index (χ1) is 9.48. The zero-order valence-corrected chi connectivity index (χ0v) is 14.4. The summed E-state index contributed by atoms with van der Waals surface area (Å²) in [6.45, 7) is 8.99. The topological polar surface area (TPSA) is 29.1 Å². The van der Waals surface area contributed by atoms with Gasteiger partial charge >= 0.3 is 0 Å². The first-order valence-electron chi connectivity index (χ1n) is 8.76. The molecule has 0 aliphatic heterocycles. The van der Waals surface area contributed by atoms with Crippen LogP contribution in [0.15, 0.2) is 0 Å². The Kier molecular flexibility index (Phi) is 11.9. The maximum atomic E-state index is 11.6. The number of amides is 1. The minimum absolute atomic E-state index is 0.171. The molecule has 20 heavy (non-hydrogen) atoms. The van der Waals surface area contributed by atoms with E-state index < -0.39 is 0 Å². The summed E-state index contributed by atoms with van der Waals surface area (Å²) in [5.41, 5.74) is -0.252. The minimum atomic E-state index is -0.252. The second-order valence-corrected chi connectivity index (χ2v) is 7.04. The Morgan fingerprint density at radius 2 is 1.15 bits per heavy atom. The van der Waals surface area contributed by atoms with Crippen LogP contribution in [0.2, 0.25) is 0 Å². The number of hydrogen-bond donors (Lipinski definition) is 1. The maximum Gasteiger partial charge on any atom is 0.225 e. The third-order valence-electron chi connectivity index (χ3n) is 3.75. The first kappa shape index (κ1) is 19.5. The maximum absolute atomic E-state index is 11.6. The van der Waals surface area contributed by atoms with Gasteiger partial charge in [0.15, 0.2) is 0 Å². The standard InChI is InChI=1S/C18H37NO/c1-5-6-7-8-9-10-11-12-13-14-15-16-19-17(20)18(2,3)4/h5-16H2,1-4H3,(H,19,20). The molecule has 0 aromatic rings. The summed E-state index contributed by atoms with van der Waals surface area (Å²) < 4.78 is 0. The van der Waals surface area contributed by atoms with Crippen molar-refractivity contribution in [2.75, 3.05) is 6.54 Å². The van der Waals surface area contributed by atoms with Crippen molar-refractivity contribution in [3.05, 3.63) is 0 Å². The van der Waals surface area contributed by atoms with Gasteiger partial charge in [0, 0.05) is 12.0 Å². The van der Waals surface area contributed by atoms with Crippen molar-refractivity contribution >= 4 is 5.91 Å².